The highest BCUT2D eigenvalue weighted by Crippen LogP contribution is 2.23. The zero-order chi connectivity index (χ0) is 12.7. The van der Waals surface area contributed by atoms with Crippen LogP contribution in [-0.2, 0) is 0 Å². The van der Waals surface area contributed by atoms with Gasteiger partial charge in [-0.3, -0.25) is 0 Å². The highest BCUT2D eigenvalue weighted by Gasteiger charge is 2.02. The number of halogens is 2. The van der Waals surface area contributed by atoms with Gasteiger partial charge in [-0.05, 0) is 29.7 Å². The maximum Gasteiger partial charge on any atom is 0.131 e. The second-order valence-corrected chi connectivity index (χ2v) is 3.96. The molecule has 1 heterocycles. The van der Waals surface area contributed by atoms with E-state index in [4.69, 9.17) is 23.2 Å². The van der Waals surface area contributed by atoms with Crippen LogP contribution in [0.2, 0.25) is 10.3 Å². The molecule has 1 aromatic heterocycles. The Kier molecular flexibility index (Phi) is 6.03. The van der Waals surface area contributed by atoms with Gasteiger partial charge in [0.1, 0.15) is 10.3 Å². The van der Waals surface area contributed by atoms with E-state index < -0.39 is 0 Å². The molecule has 1 aliphatic carbocycles. The van der Waals surface area contributed by atoms with E-state index in [-0.39, 0.29) is 0 Å². The van der Waals surface area contributed by atoms with E-state index in [1.165, 1.54) is 0 Å². The zero-order valence-electron chi connectivity index (χ0n) is 9.95. The lowest BCUT2D eigenvalue weighted by atomic mass is 10.1. The van der Waals surface area contributed by atoms with Gasteiger partial charge in [0.25, 0.3) is 0 Å². The van der Waals surface area contributed by atoms with Crippen molar-refractivity contribution in [1.82, 2.24) is 4.98 Å². The van der Waals surface area contributed by atoms with Gasteiger partial charge in [-0.25, -0.2) is 4.98 Å². The molecular formula is C14H15Cl2N. The molecule has 1 aliphatic rings. The molecule has 0 saturated carbocycles. The van der Waals surface area contributed by atoms with Crippen molar-refractivity contribution in [2.75, 3.05) is 0 Å². The molecule has 0 bridgehead atoms. The number of hydrogen-bond acceptors (Lipinski definition) is 1. The Hall–Kier alpha value is -1.05. The molecule has 2 rings (SSSR count). The van der Waals surface area contributed by atoms with E-state index in [9.17, 15) is 0 Å². The van der Waals surface area contributed by atoms with Crippen LogP contribution in [-0.4, -0.2) is 4.98 Å². The first kappa shape index (κ1) is 14.0. The average molecular weight is 268 g/mol. The number of hydrogen-bond donors (Lipinski definition) is 0. The van der Waals surface area contributed by atoms with E-state index in [2.05, 4.69) is 23.2 Å². The Bertz CT molecular complexity index is 439. The third-order valence-corrected chi connectivity index (χ3v) is 2.46. The number of allylic oxidation sites excluding steroid dienone is 6. The largest absolute Gasteiger partial charge is 0.224 e. The third kappa shape index (κ3) is 4.37. The van der Waals surface area contributed by atoms with Crippen molar-refractivity contribution in [3.05, 3.63) is 58.4 Å². The van der Waals surface area contributed by atoms with Crippen LogP contribution in [0.3, 0.4) is 0 Å². The van der Waals surface area contributed by atoms with Crippen molar-refractivity contribution < 1.29 is 0 Å². The Morgan fingerprint density at radius 2 is 1.71 bits per heavy atom. The summed E-state index contributed by atoms with van der Waals surface area (Å²) in [6.45, 7) is 4.00. The second-order valence-electron chi connectivity index (χ2n) is 3.19. The van der Waals surface area contributed by atoms with E-state index in [0.717, 1.165) is 17.6 Å². The van der Waals surface area contributed by atoms with Gasteiger partial charge in [-0.15, -0.1) is 0 Å². The van der Waals surface area contributed by atoms with Crippen LogP contribution >= 0.6 is 23.2 Å². The first-order valence-corrected chi connectivity index (χ1v) is 6.38. The second kappa shape index (κ2) is 7.31. The summed E-state index contributed by atoms with van der Waals surface area (Å²) in [5.41, 5.74) is 2.08. The number of rotatable bonds is 1. The quantitative estimate of drug-likeness (QED) is 0.628. The molecule has 0 N–H and O–H groups in total. The molecule has 90 valence electrons. The van der Waals surface area contributed by atoms with Gasteiger partial charge in [0.2, 0.25) is 0 Å². The van der Waals surface area contributed by atoms with Gasteiger partial charge in [-0.1, -0.05) is 67.4 Å². The molecule has 1 aromatic rings. The molecular weight excluding hydrogens is 253 g/mol. The summed E-state index contributed by atoms with van der Waals surface area (Å²) in [6, 6.07) is 3.62. The lowest BCUT2D eigenvalue weighted by Crippen LogP contribution is -1.84. The molecule has 0 unspecified atom stereocenters. The molecule has 0 aromatic carbocycles. The molecule has 0 aliphatic heterocycles. The fraction of sp³-hybridized carbons (Fsp3) is 0.214. The summed E-state index contributed by atoms with van der Waals surface area (Å²) in [4.78, 5) is 3.91. The van der Waals surface area contributed by atoms with Gasteiger partial charge in [0.15, 0.2) is 0 Å². The SMILES string of the molecule is CC.Clc1cc(C2=CC=CCC=C2)cc(Cl)n1. The fourth-order valence-corrected chi connectivity index (χ4v) is 1.86. The highest BCUT2D eigenvalue weighted by molar-refractivity contribution is 6.32. The van der Waals surface area contributed by atoms with Crippen molar-refractivity contribution in [3.63, 3.8) is 0 Å². The monoisotopic (exact) mass is 267 g/mol. The first-order chi connectivity index (χ1) is 8.25. The summed E-state index contributed by atoms with van der Waals surface area (Å²) < 4.78 is 0. The minimum Gasteiger partial charge on any atom is -0.224 e. The van der Waals surface area contributed by atoms with E-state index in [1.54, 1.807) is 0 Å². The predicted molar refractivity (Wildman–Crippen MR) is 76.5 cm³/mol. The van der Waals surface area contributed by atoms with E-state index in [1.807, 2.05) is 38.1 Å². The lowest BCUT2D eigenvalue weighted by molar-refractivity contribution is 1.32. The maximum absolute atomic E-state index is 5.85. The summed E-state index contributed by atoms with van der Waals surface area (Å²) in [6.07, 6.45) is 11.3. The van der Waals surface area contributed by atoms with Crippen molar-refractivity contribution in [1.29, 1.82) is 0 Å². The standard InChI is InChI=1S/C12H9Cl2N.C2H6/c13-11-7-10(8-12(14)15-11)9-5-3-1-2-4-6-9;1-2/h1,3-8H,2H2;1-2H3. The summed E-state index contributed by atoms with van der Waals surface area (Å²) in [5, 5.41) is 0.833. The number of pyridine rings is 1. The van der Waals surface area contributed by atoms with Crippen LogP contribution in [0.25, 0.3) is 5.57 Å². The van der Waals surface area contributed by atoms with Crippen LogP contribution in [0, 0.1) is 0 Å². The Balaban J connectivity index is 0.000000686. The topological polar surface area (TPSA) is 12.9 Å². The predicted octanol–water partition coefficient (Wildman–Crippen LogP) is 5.31. The van der Waals surface area contributed by atoms with Gasteiger partial charge in [0.05, 0.1) is 0 Å². The third-order valence-electron chi connectivity index (χ3n) is 2.08. The van der Waals surface area contributed by atoms with Crippen LogP contribution < -0.4 is 0 Å². The molecule has 0 radical (unpaired) electrons. The van der Waals surface area contributed by atoms with Gasteiger partial charge >= 0.3 is 0 Å². The lowest BCUT2D eigenvalue weighted by Gasteiger charge is -2.02. The first-order valence-electron chi connectivity index (χ1n) is 5.62. The number of aromatic nitrogens is 1. The minimum atomic E-state index is 0.417. The molecule has 3 heteroatoms. The van der Waals surface area contributed by atoms with Crippen LogP contribution in [0.1, 0.15) is 25.8 Å². The summed E-state index contributed by atoms with van der Waals surface area (Å²) in [7, 11) is 0. The Morgan fingerprint density at radius 1 is 1.06 bits per heavy atom. The minimum absolute atomic E-state index is 0.417. The van der Waals surface area contributed by atoms with Gasteiger partial charge in [0, 0.05) is 0 Å². The molecule has 0 atom stereocenters. The van der Waals surface area contributed by atoms with Crippen LogP contribution in [0.15, 0.2) is 42.5 Å². The normalized spacial score (nSPS) is 13.5. The molecule has 17 heavy (non-hydrogen) atoms. The molecule has 0 saturated heterocycles. The fourth-order valence-electron chi connectivity index (χ4n) is 1.40. The van der Waals surface area contributed by atoms with Crippen molar-refractivity contribution in [2.24, 2.45) is 0 Å². The smallest absolute Gasteiger partial charge is 0.131 e. The van der Waals surface area contributed by atoms with Gasteiger partial charge < -0.3 is 0 Å². The summed E-state index contributed by atoms with van der Waals surface area (Å²) in [5.74, 6) is 0. The van der Waals surface area contributed by atoms with Crippen molar-refractivity contribution >= 4 is 28.8 Å². The maximum atomic E-state index is 5.85. The summed E-state index contributed by atoms with van der Waals surface area (Å²) >= 11 is 11.7. The Labute approximate surface area is 112 Å². The number of nitrogens with zero attached hydrogens (tertiary/aromatic N) is 1. The highest BCUT2D eigenvalue weighted by atomic mass is 35.5. The van der Waals surface area contributed by atoms with E-state index >= 15 is 0 Å². The zero-order valence-corrected chi connectivity index (χ0v) is 11.5. The Morgan fingerprint density at radius 3 is 2.35 bits per heavy atom. The molecule has 0 spiro atoms. The van der Waals surface area contributed by atoms with Crippen LogP contribution in [0.4, 0.5) is 0 Å². The van der Waals surface area contributed by atoms with Crippen LogP contribution in [0.5, 0.6) is 0 Å². The average Bonchev–Trinajstić information content (AvgIpc) is 2.59. The molecule has 0 amide bonds. The molecule has 0 fully saturated rings. The van der Waals surface area contributed by atoms with Crippen molar-refractivity contribution in [2.45, 2.75) is 20.3 Å². The van der Waals surface area contributed by atoms with Gasteiger partial charge in [-0.2, -0.15) is 0 Å². The van der Waals surface area contributed by atoms with E-state index in [0.29, 0.717) is 10.3 Å². The van der Waals surface area contributed by atoms with Crippen molar-refractivity contribution in [3.8, 4) is 0 Å². The molecule has 1 nitrogen and oxygen atoms in total.